The van der Waals surface area contributed by atoms with Crippen molar-refractivity contribution in [2.45, 2.75) is 0 Å². The van der Waals surface area contributed by atoms with Crippen LogP contribution >= 0.6 is 23.2 Å². The van der Waals surface area contributed by atoms with Crippen molar-refractivity contribution in [2.24, 2.45) is 0 Å². The molecule has 0 fully saturated rings. The van der Waals surface area contributed by atoms with E-state index in [0.29, 0.717) is 5.56 Å². The predicted octanol–water partition coefficient (Wildman–Crippen LogP) is 4.39. The molecule has 0 aliphatic rings. The molecule has 0 radical (unpaired) electrons. The maximum absolute atomic E-state index is 13.1. The van der Waals surface area contributed by atoms with Crippen LogP contribution in [0.15, 0.2) is 35.9 Å². The third-order valence-electron chi connectivity index (χ3n) is 3.12. The van der Waals surface area contributed by atoms with E-state index in [-0.39, 0.29) is 32.8 Å². The van der Waals surface area contributed by atoms with Crippen molar-refractivity contribution in [2.75, 3.05) is 12.4 Å². The maximum atomic E-state index is 13.1. The van der Waals surface area contributed by atoms with Gasteiger partial charge in [-0.2, -0.15) is 5.26 Å². The van der Waals surface area contributed by atoms with Gasteiger partial charge in [0, 0.05) is 5.69 Å². The van der Waals surface area contributed by atoms with E-state index >= 15 is 0 Å². The maximum Gasteiger partial charge on any atom is 0.266 e. The van der Waals surface area contributed by atoms with Gasteiger partial charge in [0.25, 0.3) is 5.91 Å². The molecule has 0 bridgehead atoms. The lowest BCUT2D eigenvalue weighted by molar-refractivity contribution is -0.112. The first-order valence-electron chi connectivity index (χ1n) is 6.80. The summed E-state index contributed by atoms with van der Waals surface area (Å²) < 4.78 is 18.1. The van der Waals surface area contributed by atoms with E-state index in [4.69, 9.17) is 27.9 Å². The van der Waals surface area contributed by atoms with Gasteiger partial charge >= 0.3 is 0 Å². The standard InChI is InChI=1S/C17H11Cl2FN2O3/c1-25-15-6-9(5-13(19)16(15)23)4-10(8-21)17(24)22-11-2-3-14(20)12(18)7-11/h2-7,23H,1H3,(H,22,24)/b10-4+. The van der Waals surface area contributed by atoms with E-state index in [1.54, 1.807) is 6.07 Å². The smallest absolute Gasteiger partial charge is 0.266 e. The molecule has 0 heterocycles. The molecule has 1 amide bonds. The molecule has 128 valence electrons. The predicted molar refractivity (Wildman–Crippen MR) is 93.3 cm³/mol. The highest BCUT2D eigenvalue weighted by atomic mass is 35.5. The lowest BCUT2D eigenvalue weighted by Gasteiger charge is -2.08. The monoisotopic (exact) mass is 380 g/mol. The Bertz CT molecular complexity index is 907. The van der Waals surface area contributed by atoms with Crippen LogP contribution in [-0.2, 0) is 4.79 Å². The number of carbonyl (C=O) groups is 1. The molecular formula is C17H11Cl2FN2O3. The highest BCUT2D eigenvalue weighted by Crippen LogP contribution is 2.35. The number of carbonyl (C=O) groups excluding carboxylic acids is 1. The van der Waals surface area contributed by atoms with Crippen LogP contribution in [0, 0.1) is 17.1 Å². The first kappa shape index (κ1) is 18.6. The Labute approximate surface area is 152 Å². The average molecular weight is 381 g/mol. The zero-order chi connectivity index (χ0) is 18.6. The largest absolute Gasteiger partial charge is 0.503 e. The number of nitrogens with one attached hydrogen (secondary N) is 1. The van der Waals surface area contributed by atoms with Crippen LogP contribution in [0.3, 0.4) is 0 Å². The number of amides is 1. The number of hydrogen-bond donors (Lipinski definition) is 2. The van der Waals surface area contributed by atoms with Crippen LogP contribution in [-0.4, -0.2) is 18.1 Å². The van der Waals surface area contributed by atoms with Crippen LogP contribution in [0.5, 0.6) is 11.5 Å². The molecule has 2 N–H and O–H groups in total. The summed E-state index contributed by atoms with van der Waals surface area (Å²) in [7, 11) is 1.34. The van der Waals surface area contributed by atoms with Crippen LogP contribution in [0.2, 0.25) is 10.0 Å². The minimum absolute atomic E-state index is 0.00798. The van der Waals surface area contributed by atoms with Gasteiger partial charge in [0.1, 0.15) is 17.5 Å². The Hall–Kier alpha value is -2.75. The molecule has 0 aliphatic heterocycles. The van der Waals surface area contributed by atoms with Gasteiger partial charge in [0.15, 0.2) is 11.5 Å². The van der Waals surface area contributed by atoms with Crippen molar-refractivity contribution in [3.05, 3.63) is 57.3 Å². The SMILES string of the molecule is COc1cc(/C=C(\C#N)C(=O)Nc2ccc(F)c(Cl)c2)cc(Cl)c1O. The van der Waals surface area contributed by atoms with Gasteiger partial charge in [0.05, 0.1) is 17.2 Å². The number of phenols is 1. The topological polar surface area (TPSA) is 82.3 Å². The number of halogens is 3. The molecule has 0 saturated carbocycles. The van der Waals surface area contributed by atoms with Gasteiger partial charge in [-0.05, 0) is 42.0 Å². The molecule has 0 aliphatic carbocycles. The van der Waals surface area contributed by atoms with Crippen molar-refractivity contribution in [1.82, 2.24) is 0 Å². The number of anilines is 1. The number of rotatable bonds is 4. The van der Waals surface area contributed by atoms with Crippen LogP contribution < -0.4 is 10.1 Å². The van der Waals surface area contributed by atoms with Gasteiger partial charge in [-0.3, -0.25) is 4.79 Å². The van der Waals surface area contributed by atoms with Gasteiger partial charge in [-0.1, -0.05) is 23.2 Å². The van der Waals surface area contributed by atoms with Crippen molar-refractivity contribution in [3.63, 3.8) is 0 Å². The van der Waals surface area contributed by atoms with E-state index in [2.05, 4.69) is 5.32 Å². The van der Waals surface area contributed by atoms with Crippen molar-refractivity contribution in [3.8, 4) is 17.6 Å². The van der Waals surface area contributed by atoms with E-state index < -0.39 is 11.7 Å². The summed E-state index contributed by atoms with van der Waals surface area (Å²) in [5.74, 6) is -1.48. The second-order valence-electron chi connectivity index (χ2n) is 4.81. The quantitative estimate of drug-likeness (QED) is 0.608. The summed E-state index contributed by atoms with van der Waals surface area (Å²) in [5.41, 5.74) is 0.381. The van der Waals surface area contributed by atoms with E-state index in [0.717, 1.165) is 6.07 Å². The summed E-state index contributed by atoms with van der Waals surface area (Å²) >= 11 is 11.5. The zero-order valence-corrected chi connectivity index (χ0v) is 14.3. The minimum Gasteiger partial charge on any atom is -0.503 e. The lowest BCUT2D eigenvalue weighted by Crippen LogP contribution is -2.13. The number of benzene rings is 2. The summed E-state index contributed by atoms with van der Waals surface area (Å²) in [6, 6.07) is 8.19. The molecular weight excluding hydrogens is 370 g/mol. The summed E-state index contributed by atoms with van der Waals surface area (Å²) in [5, 5.41) is 21.2. The molecule has 0 unspecified atom stereocenters. The molecule has 2 aromatic rings. The van der Waals surface area contributed by atoms with E-state index in [9.17, 15) is 19.6 Å². The molecule has 8 heteroatoms. The lowest BCUT2D eigenvalue weighted by atomic mass is 10.1. The first-order chi connectivity index (χ1) is 11.8. The highest BCUT2D eigenvalue weighted by Gasteiger charge is 2.13. The molecule has 2 aromatic carbocycles. The van der Waals surface area contributed by atoms with Crippen LogP contribution in [0.1, 0.15) is 5.56 Å². The van der Waals surface area contributed by atoms with Gasteiger partial charge in [-0.25, -0.2) is 4.39 Å². The molecule has 2 rings (SSSR count). The third-order valence-corrected chi connectivity index (χ3v) is 3.70. The van der Waals surface area contributed by atoms with Crippen molar-refractivity contribution < 1.29 is 19.0 Å². The molecule has 5 nitrogen and oxygen atoms in total. The Kier molecular flexibility index (Phi) is 5.86. The first-order valence-corrected chi connectivity index (χ1v) is 7.56. The molecule has 25 heavy (non-hydrogen) atoms. The van der Waals surface area contributed by atoms with E-state index in [1.807, 2.05) is 0 Å². The minimum atomic E-state index is -0.715. The fraction of sp³-hybridized carbons (Fsp3) is 0.0588. The third kappa shape index (κ3) is 4.41. The normalized spacial score (nSPS) is 10.9. The number of nitriles is 1. The van der Waals surface area contributed by atoms with Gasteiger partial charge in [-0.15, -0.1) is 0 Å². The van der Waals surface area contributed by atoms with E-state index in [1.165, 1.54) is 37.5 Å². The Morgan fingerprint density at radius 1 is 1.32 bits per heavy atom. The molecule has 0 aromatic heterocycles. The molecule has 0 atom stereocenters. The number of nitrogens with zero attached hydrogens (tertiary/aromatic N) is 1. The number of methoxy groups -OCH3 is 1. The Balaban J connectivity index is 2.31. The van der Waals surface area contributed by atoms with Crippen LogP contribution in [0.4, 0.5) is 10.1 Å². The second kappa shape index (κ2) is 7.88. The van der Waals surface area contributed by atoms with Crippen molar-refractivity contribution in [1.29, 1.82) is 5.26 Å². The Morgan fingerprint density at radius 3 is 2.64 bits per heavy atom. The highest BCUT2D eigenvalue weighted by molar-refractivity contribution is 6.32. The summed E-state index contributed by atoms with van der Waals surface area (Å²) in [4.78, 5) is 12.2. The number of aromatic hydroxyl groups is 1. The molecule has 0 spiro atoms. The zero-order valence-electron chi connectivity index (χ0n) is 12.8. The average Bonchev–Trinajstić information content (AvgIpc) is 2.58. The fourth-order valence-electron chi connectivity index (χ4n) is 1.92. The summed E-state index contributed by atoms with van der Waals surface area (Å²) in [6.07, 6.45) is 1.27. The Morgan fingerprint density at radius 2 is 2.04 bits per heavy atom. The molecule has 0 saturated heterocycles. The number of hydrogen-bond acceptors (Lipinski definition) is 4. The summed E-state index contributed by atoms with van der Waals surface area (Å²) in [6.45, 7) is 0. The fourth-order valence-corrected chi connectivity index (χ4v) is 2.32. The van der Waals surface area contributed by atoms with Crippen LogP contribution in [0.25, 0.3) is 6.08 Å². The van der Waals surface area contributed by atoms with Gasteiger partial charge in [0.2, 0.25) is 0 Å². The number of ether oxygens (including phenoxy) is 1. The van der Waals surface area contributed by atoms with Crippen molar-refractivity contribution >= 4 is 40.9 Å². The van der Waals surface area contributed by atoms with Gasteiger partial charge < -0.3 is 15.2 Å². The number of phenolic OH excluding ortho intramolecular Hbond substituents is 1. The second-order valence-corrected chi connectivity index (χ2v) is 5.62.